The number of carbonyl (C=O) groups is 2. The molecule has 2 aromatic carbocycles. The molecular formula is C28H27F2N5O3. The Bertz CT molecular complexity index is 1440. The number of nitrogens with two attached hydrogens (primary N) is 1. The lowest BCUT2D eigenvalue weighted by Crippen LogP contribution is -2.53. The zero-order valence-electron chi connectivity index (χ0n) is 20.8. The molecule has 38 heavy (non-hydrogen) atoms. The molecule has 1 aliphatic heterocycles. The van der Waals surface area contributed by atoms with E-state index >= 15 is 0 Å². The van der Waals surface area contributed by atoms with E-state index in [4.69, 9.17) is 10.5 Å². The van der Waals surface area contributed by atoms with E-state index in [0.29, 0.717) is 23.6 Å². The molecule has 0 radical (unpaired) electrons. The molecule has 2 aliphatic rings. The number of hydrogen-bond donors (Lipinski definition) is 2. The van der Waals surface area contributed by atoms with E-state index in [1.165, 1.54) is 30.6 Å². The van der Waals surface area contributed by atoms with Crippen molar-refractivity contribution in [1.82, 2.24) is 14.9 Å². The molecule has 1 saturated carbocycles. The van der Waals surface area contributed by atoms with Gasteiger partial charge in [-0.2, -0.15) is 0 Å². The van der Waals surface area contributed by atoms with E-state index in [0.717, 1.165) is 30.9 Å². The summed E-state index contributed by atoms with van der Waals surface area (Å²) in [4.78, 5) is 34.8. The Morgan fingerprint density at radius 2 is 2.00 bits per heavy atom. The third-order valence-corrected chi connectivity index (χ3v) is 7.02. The van der Waals surface area contributed by atoms with Gasteiger partial charge in [0.2, 0.25) is 5.91 Å². The molecule has 2 fully saturated rings. The van der Waals surface area contributed by atoms with Crippen LogP contribution in [0, 0.1) is 18.6 Å². The highest BCUT2D eigenvalue weighted by Crippen LogP contribution is 2.41. The summed E-state index contributed by atoms with van der Waals surface area (Å²) < 4.78 is 35.4. The van der Waals surface area contributed by atoms with Crippen LogP contribution < -0.4 is 15.8 Å². The molecule has 1 atom stereocenters. The van der Waals surface area contributed by atoms with E-state index in [1.54, 1.807) is 17.9 Å². The van der Waals surface area contributed by atoms with Crippen molar-refractivity contribution < 1.29 is 23.1 Å². The standard InChI is InChI=1S/C28H27F2N5O3/c1-3-24(36)35-9-8-19(35)13-38-26-25(32-14-33-27(26)31)21-11-18(29)12-23(15(21)2)34-28(37)20-7-6-17(10-22(20)30)16-4-5-16/h3,6-7,10-12,14,16,19H,1,4-5,8-9,13H2,2H3,(H,34,37)(H2,31,32,33)/t19-/m0/s1. The highest BCUT2D eigenvalue weighted by atomic mass is 19.1. The van der Waals surface area contributed by atoms with Crippen LogP contribution in [-0.2, 0) is 4.79 Å². The Morgan fingerprint density at radius 1 is 1.21 bits per heavy atom. The molecule has 0 unspecified atom stereocenters. The van der Waals surface area contributed by atoms with Gasteiger partial charge in [-0.15, -0.1) is 0 Å². The fourth-order valence-corrected chi connectivity index (χ4v) is 4.55. The molecule has 196 valence electrons. The molecular weight excluding hydrogens is 492 g/mol. The molecule has 0 bridgehead atoms. The summed E-state index contributed by atoms with van der Waals surface area (Å²) in [5, 5.41) is 2.62. The van der Waals surface area contributed by atoms with Gasteiger partial charge in [0.15, 0.2) is 11.6 Å². The largest absolute Gasteiger partial charge is 0.485 e. The number of halogens is 2. The Balaban J connectivity index is 1.41. The van der Waals surface area contributed by atoms with Crippen LogP contribution in [0.5, 0.6) is 5.75 Å². The van der Waals surface area contributed by atoms with Gasteiger partial charge in [0.1, 0.15) is 30.3 Å². The maximum Gasteiger partial charge on any atom is 0.258 e. The highest BCUT2D eigenvalue weighted by Gasteiger charge is 2.32. The average Bonchev–Trinajstić information content (AvgIpc) is 3.71. The number of aromatic nitrogens is 2. The molecule has 1 aromatic heterocycles. The molecule has 3 aromatic rings. The first-order valence-electron chi connectivity index (χ1n) is 12.3. The van der Waals surface area contributed by atoms with Gasteiger partial charge in [0, 0.05) is 17.8 Å². The first kappa shape index (κ1) is 25.3. The lowest BCUT2D eigenvalue weighted by Gasteiger charge is -2.40. The van der Waals surface area contributed by atoms with Crippen LogP contribution in [0.15, 0.2) is 49.3 Å². The predicted octanol–water partition coefficient (Wildman–Crippen LogP) is 4.61. The minimum atomic E-state index is -0.694. The molecule has 10 heteroatoms. The van der Waals surface area contributed by atoms with Crippen molar-refractivity contribution in [3.8, 4) is 17.0 Å². The van der Waals surface area contributed by atoms with E-state index in [-0.39, 0.29) is 47.1 Å². The fraction of sp³-hybridized carbons (Fsp3) is 0.286. The third-order valence-electron chi connectivity index (χ3n) is 7.02. The van der Waals surface area contributed by atoms with E-state index in [9.17, 15) is 18.4 Å². The maximum atomic E-state index is 14.8. The average molecular weight is 520 g/mol. The van der Waals surface area contributed by atoms with Gasteiger partial charge in [-0.1, -0.05) is 12.6 Å². The number of likely N-dealkylation sites (tertiary alicyclic amines) is 1. The number of nitrogens with zero attached hydrogens (tertiary/aromatic N) is 3. The summed E-state index contributed by atoms with van der Waals surface area (Å²) >= 11 is 0. The van der Waals surface area contributed by atoms with Crippen molar-refractivity contribution >= 4 is 23.3 Å². The van der Waals surface area contributed by atoms with Crippen molar-refractivity contribution in [2.24, 2.45) is 0 Å². The number of amides is 2. The van der Waals surface area contributed by atoms with Crippen LogP contribution in [0.25, 0.3) is 11.3 Å². The summed E-state index contributed by atoms with van der Waals surface area (Å²) in [5.74, 6) is -1.62. The predicted molar refractivity (Wildman–Crippen MR) is 139 cm³/mol. The van der Waals surface area contributed by atoms with Crippen LogP contribution in [0.1, 0.15) is 46.7 Å². The van der Waals surface area contributed by atoms with E-state index < -0.39 is 17.5 Å². The number of nitrogen functional groups attached to an aromatic ring is 1. The number of carbonyl (C=O) groups excluding carboxylic acids is 2. The zero-order chi connectivity index (χ0) is 27.0. The number of nitrogens with one attached hydrogen (secondary N) is 1. The summed E-state index contributed by atoms with van der Waals surface area (Å²) in [6.45, 7) is 5.92. The van der Waals surface area contributed by atoms with Gasteiger partial charge in [0.25, 0.3) is 5.91 Å². The molecule has 2 amide bonds. The Kier molecular flexibility index (Phi) is 6.79. The number of hydrogen-bond acceptors (Lipinski definition) is 6. The topological polar surface area (TPSA) is 110 Å². The maximum absolute atomic E-state index is 14.8. The van der Waals surface area contributed by atoms with Crippen molar-refractivity contribution in [2.75, 3.05) is 24.2 Å². The minimum absolute atomic E-state index is 0.0444. The van der Waals surface area contributed by atoms with Crippen LogP contribution >= 0.6 is 0 Å². The lowest BCUT2D eigenvalue weighted by atomic mass is 10.0. The highest BCUT2D eigenvalue weighted by molar-refractivity contribution is 6.05. The molecule has 0 spiro atoms. The Labute approximate surface area is 218 Å². The quantitative estimate of drug-likeness (QED) is 0.421. The second-order valence-corrected chi connectivity index (χ2v) is 9.52. The molecule has 1 saturated heterocycles. The van der Waals surface area contributed by atoms with Gasteiger partial charge in [0.05, 0.1) is 11.6 Å². The molecule has 5 rings (SSSR count). The van der Waals surface area contributed by atoms with Crippen LogP contribution in [0.4, 0.5) is 20.3 Å². The fourth-order valence-electron chi connectivity index (χ4n) is 4.55. The van der Waals surface area contributed by atoms with Crippen molar-refractivity contribution in [3.63, 3.8) is 0 Å². The molecule has 3 N–H and O–H groups in total. The molecule has 2 heterocycles. The Morgan fingerprint density at radius 3 is 2.66 bits per heavy atom. The number of ether oxygens (including phenoxy) is 1. The van der Waals surface area contributed by atoms with Gasteiger partial charge in [-0.05, 0) is 73.6 Å². The van der Waals surface area contributed by atoms with Gasteiger partial charge >= 0.3 is 0 Å². The first-order chi connectivity index (χ1) is 18.3. The van der Waals surface area contributed by atoms with Crippen LogP contribution in [0.2, 0.25) is 0 Å². The van der Waals surface area contributed by atoms with E-state index in [1.807, 2.05) is 0 Å². The van der Waals surface area contributed by atoms with E-state index in [2.05, 4.69) is 21.9 Å². The molecule has 8 nitrogen and oxygen atoms in total. The van der Waals surface area contributed by atoms with Crippen molar-refractivity contribution in [2.45, 2.75) is 38.1 Å². The van der Waals surface area contributed by atoms with Crippen molar-refractivity contribution in [3.05, 3.63) is 77.6 Å². The van der Waals surface area contributed by atoms with Gasteiger partial charge in [-0.3, -0.25) is 9.59 Å². The summed E-state index contributed by atoms with van der Waals surface area (Å²) in [7, 11) is 0. The lowest BCUT2D eigenvalue weighted by molar-refractivity contribution is -0.134. The second-order valence-electron chi connectivity index (χ2n) is 9.52. The SMILES string of the molecule is C=CC(=O)N1CC[C@H]1COc1c(N)ncnc1-c1cc(F)cc(NC(=O)c2ccc(C3CC3)cc2F)c1C. The number of rotatable bonds is 8. The zero-order valence-corrected chi connectivity index (χ0v) is 20.8. The summed E-state index contributed by atoms with van der Waals surface area (Å²) in [6.07, 6.45) is 5.25. The third kappa shape index (κ3) is 4.93. The van der Waals surface area contributed by atoms with Crippen LogP contribution in [0.3, 0.4) is 0 Å². The van der Waals surface area contributed by atoms with Crippen LogP contribution in [-0.4, -0.2) is 45.9 Å². The number of benzene rings is 2. The normalized spacial score (nSPS) is 16.5. The van der Waals surface area contributed by atoms with Gasteiger partial charge in [-0.25, -0.2) is 18.7 Å². The monoisotopic (exact) mass is 519 g/mol. The minimum Gasteiger partial charge on any atom is -0.485 e. The van der Waals surface area contributed by atoms with Gasteiger partial charge < -0.3 is 20.7 Å². The molecule has 1 aliphatic carbocycles. The smallest absolute Gasteiger partial charge is 0.258 e. The summed E-state index contributed by atoms with van der Waals surface area (Å²) in [6, 6.07) is 6.82. The first-order valence-corrected chi connectivity index (χ1v) is 12.3. The van der Waals surface area contributed by atoms with Crippen molar-refractivity contribution in [1.29, 1.82) is 0 Å². The second kappa shape index (κ2) is 10.2. The summed E-state index contributed by atoms with van der Waals surface area (Å²) in [5.41, 5.74) is 8.00. The Hall–Kier alpha value is -4.34. The number of anilines is 2.